The van der Waals surface area contributed by atoms with Gasteiger partial charge in [0.25, 0.3) is 6.43 Å². The number of hydrogen-bond donors (Lipinski definition) is 1. The molecule has 2 rings (SSSR count). The molecule has 0 unspecified atom stereocenters. The Bertz CT molecular complexity index is 640. The number of carbonyl (C=O) groups is 1. The molecule has 0 aromatic carbocycles. The maximum absolute atomic E-state index is 12.5. The predicted molar refractivity (Wildman–Crippen MR) is 79.5 cm³/mol. The third-order valence-corrected chi connectivity index (χ3v) is 3.41. The first-order chi connectivity index (χ1) is 10.5. The highest BCUT2D eigenvalue weighted by molar-refractivity contribution is 9.10. The summed E-state index contributed by atoms with van der Waals surface area (Å²) in [5.41, 5.74) is 0.224. The van der Waals surface area contributed by atoms with Gasteiger partial charge < -0.3 is 5.32 Å². The molecule has 2 heterocycles. The third kappa shape index (κ3) is 4.62. The molecule has 6 nitrogen and oxygen atoms in total. The molecular weight excluding hydrogens is 360 g/mol. The van der Waals surface area contributed by atoms with Crippen LogP contribution >= 0.6 is 15.9 Å². The maximum atomic E-state index is 12.5. The number of rotatable bonds is 7. The first kappa shape index (κ1) is 16.6. The van der Waals surface area contributed by atoms with Crippen molar-refractivity contribution in [3.63, 3.8) is 0 Å². The van der Waals surface area contributed by atoms with Gasteiger partial charge in [-0.2, -0.15) is 10.2 Å². The summed E-state index contributed by atoms with van der Waals surface area (Å²) >= 11 is 3.30. The van der Waals surface area contributed by atoms with Crippen molar-refractivity contribution in [2.45, 2.75) is 32.9 Å². The molecule has 0 saturated heterocycles. The van der Waals surface area contributed by atoms with Crippen LogP contribution < -0.4 is 5.32 Å². The van der Waals surface area contributed by atoms with Crippen molar-refractivity contribution in [3.05, 3.63) is 34.3 Å². The minimum absolute atomic E-state index is 0.0636. The summed E-state index contributed by atoms with van der Waals surface area (Å²) in [6, 6.07) is 1.29. The van der Waals surface area contributed by atoms with E-state index in [9.17, 15) is 13.6 Å². The molecule has 0 bridgehead atoms. The van der Waals surface area contributed by atoms with Gasteiger partial charge in [0, 0.05) is 25.0 Å². The molecule has 0 saturated carbocycles. The Hall–Kier alpha value is -1.77. The van der Waals surface area contributed by atoms with E-state index in [4.69, 9.17) is 0 Å². The molecule has 9 heteroatoms. The first-order valence-corrected chi connectivity index (χ1v) is 7.52. The molecule has 2 aromatic heterocycles. The fraction of sp³-hybridized carbons (Fsp3) is 0.462. The lowest BCUT2D eigenvalue weighted by Crippen LogP contribution is -2.29. The number of nitrogens with one attached hydrogen (secondary N) is 1. The van der Waals surface area contributed by atoms with E-state index in [1.807, 2.05) is 6.20 Å². The predicted octanol–water partition coefficient (Wildman–Crippen LogP) is 2.29. The van der Waals surface area contributed by atoms with Crippen molar-refractivity contribution in [1.82, 2.24) is 24.9 Å². The van der Waals surface area contributed by atoms with Gasteiger partial charge in [-0.1, -0.05) is 0 Å². The summed E-state index contributed by atoms with van der Waals surface area (Å²) in [5.74, 6) is -0.256. The maximum Gasteiger partial charge on any atom is 0.282 e. The van der Waals surface area contributed by atoms with Crippen LogP contribution in [0.3, 0.4) is 0 Å². The van der Waals surface area contributed by atoms with E-state index in [0.717, 1.165) is 10.9 Å². The monoisotopic (exact) mass is 375 g/mol. The number of nitrogens with zero attached hydrogens (tertiary/aromatic N) is 4. The summed E-state index contributed by atoms with van der Waals surface area (Å²) in [4.78, 5) is 11.8. The van der Waals surface area contributed by atoms with E-state index >= 15 is 0 Å². The Balaban J connectivity index is 1.73. The number of amides is 1. The lowest BCUT2D eigenvalue weighted by Gasteiger charge is -2.07. The Morgan fingerprint density at radius 3 is 2.86 bits per heavy atom. The molecule has 2 aromatic rings. The van der Waals surface area contributed by atoms with Gasteiger partial charge >= 0.3 is 0 Å². The van der Waals surface area contributed by atoms with E-state index in [1.165, 1.54) is 10.7 Å². The van der Waals surface area contributed by atoms with Crippen LogP contribution in [0.1, 0.15) is 24.2 Å². The number of alkyl halides is 2. The highest BCUT2D eigenvalue weighted by Gasteiger charge is 2.14. The zero-order valence-electron chi connectivity index (χ0n) is 12.0. The van der Waals surface area contributed by atoms with Gasteiger partial charge in [-0.3, -0.25) is 14.2 Å². The molecule has 120 valence electrons. The Morgan fingerprint density at radius 2 is 2.27 bits per heavy atom. The van der Waals surface area contributed by atoms with Crippen molar-refractivity contribution in [2.75, 3.05) is 6.54 Å². The van der Waals surface area contributed by atoms with Crippen molar-refractivity contribution in [2.24, 2.45) is 0 Å². The number of aromatic nitrogens is 4. The number of hydrogen-bond acceptors (Lipinski definition) is 3. The first-order valence-electron chi connectivity index (χ1n) is 6.73. The second-order valence-electron chi connectivity index (χ2n) is 4.79. The van der Waals surface area contributed by atoms with Gasteiger partial charge in [-0.25, -0.2) is 8.78 Å². The lowest BCUT2D eigenvalue weighted by molar-refractivity contribution is -0.121. The van der Waals surface area contributed by atoms with Crippen LogP contribution in [0.4, 0.5) is 8.78 Å². The van der Waals surface area contributed by atoms with E-state index in [2.05, 4.69) is 31.4 Å². The van der Waals surface area contributed by atoms with Crippen LogP contribution in [0.2, 0.25) is 0 Å². The summed E-state index contributed by atoms with van der Waals surface area (Å²) in [6.45, 7) is 2.74. The van der Waals surface area contributed by atoms with E-state index in [0.29, 0.717) is 18.8 Å². The van der Waals surface area contributed by atoms with Gasteiger partial charge in [0.15, 0.2) is 0 Å². The van der Waals surface area contributed by atoms with Gasteiger partial charge in [0.1, 0.15) is 12.2 Å². The molecule has 0 aliphatic heterocycles. The van der Waals surface area contributed by atoms with Gasteiger partial charge in [0.05, 0.1) is 10.7 Å². The average molecular weight is 376 g/mol. The Labute approximate surface area is 134 Å². The van der Waals surface area contributed by atoms with Crippen LogP contribution in [-0.2, 0) is 17.9 Å². The number of aryl methyl sites for hydroxylation is 2. The van der Waals surface area contributed by atoms with Crippen LogP contribution in [-0.4, -0.2) is 32.0 Å². The largest absolute Gasteiger partial charge is 0.354 e. The smallest absolute Gasteiger partial charge is 0.282 e. The molecule has 22 heavy (non-hydrogen) atoms. The molecule has 0 radical (unpaired) electrons. The zero-order valence-corrected chi connectivity index (χ0v) is 13.6. The lowest BCUT2D eigenvalue weighted by atomic mass is 10.4. The molecule has 1 amide bonds. The fourth-order valence-corrected chi connectivity index (χ4v) is 2.25. The summed E-state index contributed by atoms with van der Waals surface area (Å²) in [7, 11) is 0. The van der Waals surface area contributed by atoms with Gasteiger partial charge in [0.2, 0.25) is 5.91 Å². The summed E-state index contributed by atoms with van der Waals surface area (Å²) < 4.78 is 29.0. The fourth-order valence-electron chi connectivity index (χ4n) is 1.92. The number of halogens is 3. The average Bonchev–Trinajstić information content (AvgIpc) is 3.02. The molecule has 0 atom stereocenters. The summed E-state index contributed by atoms with van der Waals surface area (Å²) in [5, 5.41) is 10.6. The minimum Gasteiger partial charge on any atom is -0.354 e. The molecule has 0 aliphatic carbocycles. The van der Waals surface area contributed by atoms with Crippen LogP contribution in [0.5, 0.6) is 0 Å². The molecule has 0 spiro atoms. The second kappa shape index (κ2) is 7.48. The van der Waals surface area contributed by atoms with Crippen molar-refractivity contribution in [1.29, 1.82) is 0 Å². The molecule has 1 N–H and O–H groups in total. The second-order valence-corrected chi connectivity index (χ2v) is 5.71. The van der Waals surface area contributed by atoms with E-state index in [1.54, 1.807) is 17.8 Å². The van der Waals surface area contributed by atoms with Crippen LogP contribution in [0.15, 0.2) is 22.9 Å². The van der Waals surface area contributed by atoms with Crippen molar-refractivity contribution < 1.29 is 13.6 Å². The highest BCUT2D eigenvalue weighted by atomic mass is 79.9. The molecular formula is C13H16BrF2N5O. The third-order valence-electron chi connectivity index (χ3n) is 3.00. The van der Waals surface area contributed by atoms with Crippen molar-refractivity contribution in [3.8, 4) is 0 Å². The van der Waals surface area contributed by atoms with Crippen LogP contribution in [0, 0.1) is 6.92 Å². The topological polar surface area (TPSA) is 64.7 Å². The van der Waals surface area contributed by atoms with Crippen LogP contribution in [0.25, 0.3) is 0 Å². The standard InChI is InChI=1S/C13H16BrF2N5O/c1-9-5-11(13(15)16)19-21(9)8-12(22)17-3-2-4-20-7-10(14)6-18-20/h5-7,13H,2-4,8H2,1H3,(H,17,22). The zero-order chi connectivity index (χ0) is 16.1. The number of carbonyl (C=O) groups excluding carboxylic acids is 1. The minimum atomic E-state index is -2.63. The van der Waals surface area contributed by atoms with Gasteiger partial charge in [-0.15, -0.1) is 0 Å². The Kier molecular flexibility index (Phi) is 5.64. The van der Waals surface area contributed by atoms with E-state index in [-0.39, 0.29) is 18.1 Å². The normalized spacial score (nSPS) is 11.1. The highest BCUT2D eigenvalue weighted by Crippen LogP contribution is 2.17. The molecule has 0 fully saturated rings. The summed E-state index contributed by atoms with van der Waals surface area (Å²) in [6.07, 6.45) is 1.64. The Morgan fingerprint density at radius 1 is 1.50 bits per heavy atom. The molecule has 0 aliphatic rings. The van der Waals surface area contributed by atoms with E-state index < -0.39 is 6.43 Å². The SMILES string of the molecule is Cc1cc(C(F)F)nn1CC(=O)NCCCn1cc(Br)cn1. The van der Waals surface area contributed by atoms with Gasteiger partial charge in [-0.05, 0) is 35.3 Å². The quantitative estimate of drug-likeness (QED) is 0.755. The van der Waals surface area contributed by atoms with Crippen molar-refractivity contribution >= 4 is 21.8 Å².